The van der Waals surface area contributed by atoms with Gasteiger partial charge in [-0.15, -0.1) is 11.8 Å². The molecule has 1 unspecified atom stereocenters. The molecule has 23 heavy (non-hydrogen) atoms. The van der Waals surface area contributed by atoms with Gasteiger partial charge >= 0.3 is 0 Å². The van der Waals surface area contributed by atoms with E-state index in [9.17, 15) is 9.59 Å². The SMILES string of the molecule is CC(Sc1cc(Cl)ccc1Cl)C(=O)NNC(=O)c1ccccc1. The zero-order valence-corrected chi connectivity index (χ0v) is 14.5. The number of carbonyl (C=O) groups excluding carboxylic acids is 2. The van der Waals surface area contributed by atoms with Crippen LogP contribution in [0.3, 0.4) is 0 Å². The van der Waals surface area contributed by atoms with Crippen molar-refractivity contribution in [2.75, 3.05) is 0 Å². The largest absolute Gasteiger partial charge is 0.272 e. The molecule has 0 heterocycles. The van der Waals surface area contributed by atoms with Crippen LogP contribution in [0.15, 0.2) is 53.4 Å². The van der Waals surface area contributed by atoms with Gasteiger partial charge in [0.15, 0.2) is 0 Å². The quantitative estimate of drug-likeness (QED) is 0.634. The number of amides is 2. The number of hydrogen-bond donors (Lipinski definition) is 2. The maximum atomic E-state index is 12.1. The van der Waals surface area contributed by atoms with Crippen molar-refractivity contribution in [1.82, 2.24) is 10.9 Å². The first-order valence-electron chi connectivity index (χ1n) is 6.74. The van der Waals surface area contributed by atoms with E-state index in [0.717, 1.165) is 0 Å². The van der Waals surface area contributed by atoms with Crippen LogP contribution in [-0.2, 0) is 4.79 Å². The first-order chi connectivity index (χ1) is 11.0. The molecule has 2 N–H and O–H groups in total. The summed E-state index contributed by atoms with van der Waals surface area (Å²) in [6.07, 6.45) is 0. The Morgan fingerprint density at radius 3 is 2.43 bits per heavy atom. The lowest BCUT2D eigenvalue weighted by Gasteiger charge is -2.13. The van der Waals surface area contributed by atoms with Gasteiger partial charge in [0.2, 0.25) is 0 Å². The Kier molecular flexibility index (Phi) is 6.33. The normalized spacial score (nSPS) is 11.6. The zero-order chi connectivity index (χ0) is 16.8. The lowest BCUT2D eigenvalue weighted by atomic mass is 10.2. The minimum Gasteiger partial charge on any atom is -0.272 e. The highest BCUT2D eigenvalue weighted by Gasteiger charge is 2.17. The van der Waals surface area contributed by atoms with E-state index in [1.807, 2.05) is 6.07 Å². The Morgan fingerprint density at radius 2 is 1.74 bits per heavy atom. The second-order valence-corrected chi connectivity index (χ2v) is 6.87. The van der Waals surface area contributed by atoms with Crippen LogP contribution in [0.4, 0.5) is 0 Å². The van der Waals surface area contributed by atoms with Gasteiger partial charge < -0.3 is 0 Å². The van der Waals surface area contributed by atoms with E-state index in [1.54, 1.807) is 49.4 Å². The van der Waals surface area contributed by atoms with Gasteiger partial charge in [0.05, 0.1) is 10.3 Å². The molecule has 1 atom stereocenters. The van der Waals surface area contributed by atoms with Crippen molar-refractivity contribution in [3.63, 3.8) is 0 Å². The van der Waals surface area contributed by atoms with Crippen molar-refractivity contribution in [2.45, 2.75) is 17.1 Å². The lowest BCUT2D eigenvalue weighted by Crippen LogP contribution is -2.44. The van der Waals surface area contributed by atoms with E-state index in [0.29, 0.717) is 20.5 Å². The van der Waals surface area contributed by atoms with Crippen LogP contribution in [0.1, 0.15) is 17.3 Å². The molecule has 0 spiro atoms. The van der Waals surface area contributed by atoms with Crippen LogP contribution >= 0.6 is 35.0 Å². The minimum absolute atomic E-state index is 0.338. The first-order valence-corrected chi connectivity index (χ1v) is 8.38. The maximum absolute atomic E-state index is 12.1. The molecule has 0 saturated carbocycles. The van der Waals surface area contributed by atoms with Crippen LogP contribution in [-0.4, -0.2) is 17.1 Å². The second-order valence-electron chi connectivity index (χ2n) is 4.64. The smallest absolute Gasteiger partial charge is 0.269 e. The maximum Gasteiger partial charge on any atom is 0.269 e. The Labute approximate surface area is 148 Å². The number of nitrogens with one attached hydrogen (secondary N) is 2. The fourth-order valence-corrected chi connectivity index (χ4v) is 3.10. The summed E-state index contributed by atoms with van der Waals surface area (Å²) in [7, 11) is 0. The molecule has 0 aliphatic rings. The molecule has 120 valence electrons. The van der Waals surface area contributed by atoms with E-state index < -0.39 is 5.25 Å². The Morgan fingerprint density at radius 1 is 1.04 bits per heavy atom. The number of carbonyl (C=O) groups is 2. The fourth-order valence-electron chi connectivity index (χ4n) is 1.69. The van der Waals surface area contributed by atoms with Gasteiger partial charge in [0.1, 0.15) is 0 Å². The molecule has 0 bridgehead atoms. The summed E-state index contributed by atoms with van der Waals surface area (Å²) in [5.74, 6) is -0.715. The highest BCUT2D eigenvalue weighted by molar-refractivity contribution is 8.00. The van der Waals surface area contributed by atoms with E-state index >= 15 is 0 Å². The highest BCUT2D eigenvalue weighted by Crippen LogP contribution is 2.32. The third kappa shape index (κ3) is 5.16. The average Bonchev–Trinajstić information content (AvgIpc) is 2.56. The van der Waals surface area contributed by atoms with E-state index in [2.05, 4.69) is 10.9 Å². The summed E-state index contributed by atoms with van der Waals surface area (Å²) in [6.45, 7) is 1.71. The number of benzene rings is 2. The van der Waals surface area contributed by atoms with E-state index in [-0.39, 0.29) is 11.8 Å². The average molecular weight is 369 g/mol. The van der Waals surface area contributed by atoms with Crippen LogP contribution < -0.4 is 10.9 Å². The van der Waals surface area contributed by atoms with Crippen LogP contribution in [0.2, 0.25) is 10.0 Å². The molecule has 2 aromatic carbocycles. The molecule has 0 aromatic heterocycles. The molecule has 0 radical (unpaired) electrons. The Balaban J connectivity index is 1.90. The number of rotatable bonds is 4. The van der Waals surface area contributed by atoms with Gasteiger partial charge in [-0.25, -0.2) is 0 Å². The third-order valence-electron chi connectivity index (χ3n) is 2.90. The molecule has 4 nitrogen and oxygen atoms in total. The lowest BCUT2D eigenvalue weighted by molar-refractivity contribution is -0.121. The number of thioether (sulfide) groups is 1. The standard InChI is InChI=1S/C16H14Cl2N2O2S/c1-10(23-14-9-12(17)7-8-13(14)18)15(21)19-20-16(22)11-5-3-2-4-6-11/h2-10H,1H3,(H,19,21)(H,20,22). The van der Waals surface area contributed by atoms with Crippen molar-refractivity contribution in [2.24, 2.45) is 0 Å². The summed E-state index contributed by atoms with van der Waals surface area (Å²) >= 11 is 13.3. The second kappa shape index (κ2) is 8.24. The van der Waals surface area contributed by atoms with Crippen molar-refractivity contribution < 1.29 is 9.59 Å². The third-order valence-corrected chi connectivity index (χ3v) is 4.74. The van der Waals surface area contributed by atoms with Crippen molar-refractivity contribution >= 4 is 46.8 Å². The molecule has 7 heteroatoms. The molecular formula is C16H14Cl2N2O2S. The number of hydrazine groups is 1. The van der Waals surface area contributed by atoms with Gasteiger partial charge in [0.25, 0.3) is 11.8 Å². The summed E-state index contributed by atoms with van der Waals surface area (Å²) in [5, 5.41) is 0.608. The van der Waals surface area contributed by atoms with Gasteiger partial charge in [-0.05, 0) is 37.3 Å². The predicted molar refractivity (Wildman–Crippen MR) is 93.8 cm³/mol. The molecule has 2 amide bonds. The highest BCUT2D eigenvalue weighted by atomic mass is 35.5. The van der Waals surface area contributed by atoms with Crippen LogP contribution in [0.5, 0.6) is 0 Å². The van der Waals surface area contributed by atoms with Crippen LogP contribution in [0.25, 0.3) is 0 Å². The molecule has 0 saturated heterocycles. The number of halogens is 2. The predicted octanol–water partition coefficient (Wildman–Crippen LogP) is 3.94. The van der Waals surface area contributed by atoms with Crippen molar-refractivity contribution in [3.05, 3.63) is 64.1 Å². The van der Waals surface area contributed by atoms with Crippen molar-refractivity contribution in [1.29, 1.82) is 0 Å². The van der Waals surface area contributed by atoms with Gasteiger partial charge in [-0.1, -0.05) is 41.4 Å². The Bertz CT molecular complexity index is 710. The molecule has 0 aliphatic carbocycles. The molecular weight excluding hydrogens is 355 g/mol. The van der Waals surface area contributed by atoms with Gasteiger partial charge in [-0.3, -0.25) is 20.4 Å². The molecule has 0 aliphatic heterocycles. The summed E-state index contributed by atoms with van der Waals surface area (Å²) in [5.41, 5.74) is 5.24. The first kappa shape index (κ1) is 17.7. The summed E-state index contributed by atoms with van der Waals surface area (Å²) in [4.78, 5) is 24.6. The molecule has 2 aromatic rings. The number of hydrogen-bond acceptors (Lipinski definition) is 3. The minimum atomic E-state index is -0.456. The summed E-state index contributed by atoms with van der Waals surface area (Å²) in [6, 6.07) is 13.7. The van der Waals surface area contributed by atoms with E-state index in [4.69, 9.17) is 23.2 Å². The van der Waals surface area contributed by atoms with Crippen molar-refractivity contribution in [3.8, 4) is 0 Å². The molecule has 2 rings (SSSR count). The zero-order valence-electron chi connectivity index (χ0n) is 12.2. The van der Waals surface area contributed by atoms with Crippen LogP contribution in [0, 0.1) is 0 Å². The molecule has 0 fully saturated rings. The van der Waals surface area contributed by atoms with E-state index in [1.165, 1.54) is 11.8 Å². The fraction of sp³-hybridized carbons (Fsp3) is 0.125. The Hall–Kier alpha value is -1.69. The van der Waals surface area contributed by atoms with Gasteiger partial charge in [0, 0.05) is 15.5 Å². The monoisotopic (exact) mass is 368 g/mol. The topological polar surface area (TPSA) is 58.2 Å². The van der Waals surface area contributed by atoms with Gasteiger partial charge in [-0.2, -0.15) is 0 Å². The summed E-state index contributed by atoms with van der Waals surface area (Å²) < 4.78 is 0.